The second kappa shape index (κ2) is 5.19. The van der Waals surface area contributed by atoms with Gasteiger partial charge in [0.05, 0.1) is 0 Å². The number of rotatable bonds is 2. The van der Waals surface area contributed by atoms with Gasteiger partial charge in [0.25, 0.3) is 0 Å². The van der Waals surface area contributed by atoms with Gasteiger partial charge < -0.3 is 20.4 Å². The summed E-state index contributed by atoms with van der Waals surface area (Å²) < 4.78 is 0. The van der Waals surface area contributed by atoms with Crippen molar-refractivity contribution in [3.05, 3.63) is 35.9 Å². The largest absolute Gasteiger partial charge is 0.504 e. The van der Waals surface area contributed by atoms with Crippen molar-refractivity contribution in [2.24, 2.45) is 0 Å². The van der Waals surface area contributed by atoms with Crippen LogP contribution in [0.4, 0.5) is 0 Å². The molecule has 0 bridgehead atoms. The molecule has 7 heteroatoms. The Hall–Kier alpha value is -2.80. The molecule has 3 aromatic rings. The number of aromatic hydroxyl groups is 4. The van der Waals surface area contributed by atoms with Crippen LogP contribution < -0.4 is 0 Å². The first-order chi connectivity index (χ1) is 10.5. The van der Waals surface area contributed by atoms with Crippen LogP contribution >= 0.6 is 11.3 Å². The van der Waals surface area contributed by atoms with Crippen LogP contribution in [0.2, 0.25) is 0 Å². The maximum Gasteiger partial charge on any atom is 0.158 e. The molecule has 22 heavy (non-hydrogen) atoms. The summed E-state index contributed by atoms with van der Waals surface area (Å²) in [5.41, 5.74) is 2.05. The minimum Gasteiger partial charge on any atom is -0.504 e. The van der Waals surface area contributed by atoms with Crippen LogP contribution in [0, 0.1) is 6.92 Å². The number of hydrogen-bond donors (Lipinski definition) is 4. The van der Waals surface area contributed by atoms with Crippen LogP contribution in [0.1, 0.15) is 5.56 Å². The first kappa shape index (κ1) is 14.2. The molecule has 112 valence electrons. The SMILES string of the molecule is Cc1cc(O)c(O)cc1-c1nnc(-c2ccc(O)c(O)c2)s1. The van der Waals surface area contributed by atoms with Crippen LogP contribution in [-0.4, -0.2) is 30.6 Å². The van der Waals surface area contributed by atoms with Gasteiger partial charge in [-0.1, -0.05) is 11.3 Å². The first-order valence-corrected chi connectivity index (χ1v) is 7.16. The quantitative estimate of drug-likeness (QED) is 0.541. The summed E-state index contributed by atoms with van der Waals surface area (Å²) in [5, 5.41) is 47.3. The minimum atomic E-state index is -0.229. The van der Waals surface area contributed by atoms with E-state index in [1.165, 1.54) is 35.6 Å². The molecule has 0 unspecified atom stereocenters. The van der Waals surface area contributed by atoms with E-state index in [0.717, 1.165) is 5.56 Å². The Morgan fingerprint density at radius 3 is 2.14 bits per heavy atom. The molecule has 0 aliphatic rings. The highest BCUT2D eigenvalue weighted by Crippen LogP contribution is 2.38. The number of aromatic nitrogens is 2. The van der Waals surface area contributed by atoms with Crippen LogP contribution in [0.3, 0.4) is 0 Å². The molecule has 0 saturated heterocycles. The third-order valence-electron chi connectivity index (χ3n) is 3.20. The smallest absolute Gasteiger partial charge is 0.158 e. The van der Waals surface area contributed by atoms with Crippen LogP contribution in [0.5, 0.6) is 23.0 Å². The molecule has 0 fully saturated rings. The van der Waals surface area contributed by atoms with Gasteiger partial charge in [-0.2, -0.15) is 0 Å². The summed E-state index contributed by atoms with van der Waals surface area (Å²) in [4.78, 5) is 0. The Morgan fingerprint density at radius 1 is 0.773 bits per heavy atom. The lowest BCUT2D eigenvalue weighted by Gasteiger charge is -2.04. The van der Waals surface area contributed by atoms with Crippen molar-refractivity contribution in [3.8, 4) is 44.1 Å². The Bertz CT molecular complexity index is 861. The number of nitrogens with zero attached hydrogens (tertiary/aromatic N) is 2. The van der Waals surface area contributed by atoms with E-state index in [1.54, 1.807) is 13.0 Å². The van der Waals surface area contributed by atoms with Crippen molar-refractivity contribution < 1.29 is 20.4 Å². The molecular formula is C15H12N2O4S. The van der Waals surface area contributed by atoms with Crippen LogP contribution in [0.15, 0.2) is 30.3 Å². The zero-order valence-electron chi connectivity index (χ0n) is 11.5. The lowest BCUT2D eigenvalue weighted by atomic mass is 10.1. The van der Waals surface area contributed by atoms with Gasteiger partial charge in [0.15, 0.2) is 23.0 Å². The molecule has 0 amide bonds. The average Bonchev–Trinajstić information content (AvgIpc) is 2.95. The van der Waals surface area contributed by atoms with Gasteiger partial charge in [0.2, 0.25) is 0 Å². The van der Waals surface area contributed by atoms with Crippen LogP contribution in [0.25, 0.3) is 21.1 Å². The highest BCUT2D eigenvalue weighted by molar-refractivity contribution is 7.17. The fraction of sp³-hybridized carbons (Fsp3) is 0.0667. The lowest BCUT2D eigenvalue weighted by Crippen LogP contribution is -1.83. The summed E-state index contributed by atoms with van der Waals surface area (Å²) in [5.74, 6) is -0.838. The average molecular weight is 316 g/mol. The number of benzene rings is 2. The molecule has 6 nitrogen and oxygen atoms in total. The lowest BCUT2D eigenvalue weighted by molar-refractivity contribution is 0.403. The van der Waals surface area contributed by atoms with Gasteiger partial charge in [0, 0.05) is 11.1 Å². The molecule has 3 rings (SSSR count). The van der Waals surface area contributed by atoms with E-state index in [1.807, 2.05) is 0 Å². The van der Waals surface area contributed by atoms with Crippen molar-refractivity contribution in [3.63, 3.8) is 0 Å². The Kier molecular flexibility index (Phi) is 3.34. The zero-order chi connectivity index (χ0) is 15.9. The third-order valence-corrected chi connectivity index (χ3v) is 4.20. The highest BCUT2D eigenvalue weighted by Gasteiger charge is 2.14. The molecule has 4 N–H and O–H groups in total. The molecular weight excluding hydrogens is 304 g/mol. The van der Waals surface area contributed by atoms with E-state index in [4.69, 9.17) is 0 Å². The van der Waals surface area contributed by atoms with Crippen molar-refractivity contribution in [2.45, 2.75) is 6.92 Å². The van der Waals surface area contributed by atoms with E-state index in [9.17, 15) is 20.4 Å². The standard InChI is InChI=1S/C15H12N2O4S/c1-7-4-11(19)13(21)6-9(7)15-17-16-14(22-15)8-2-3-10(18)12(20)5-8/h2-6,18-21H,1H3. The van der Waals surface area contributed by atoms with Crippen molar-refractivity contribution >= 4 is 11.3 Å². The van der Waals surface area contributed by atoms with Gasteiger partial charge >= 0.3 is 0 Å². The molecule has 0 aliphatic heterocycles. The van der Waals surface area contributed by atoms with E-state index < -0.39 is 0 Å². The molecule has 0 aliphatic carbocycles. The second-order valence-corrected chi connectivity index (χ2v) is 5.75. The number of aryl methyl sites for hydroxylation is 1. The Morgan fingerprint density at radius 2 is 1.41 bits per heavy atom. The van der Waals surface area contributed by atoms with Gasteiger partial charge in [-0.3, -0.25) is 0 Å². The monoisotopic (exact) mass is 316 g/mol. The molecule has 0 saturated carbocycles. The second-order valence-electron chi connectivity index (χ2n) is 4.77. The fourth-order valence-corrected chi connectivity index (χ4v) is 2.94. The minimum absolute atomic E-state index is 0.186. The van der Waals surface area contributed by atoms with Crippen molar-refractivity contribution in [2.75, 3.05) is 0 Å². The van der Waals surface area contributed by atoms with E-state index in [0.29, 0.717) is 21.1 Å². The maximum atomic E-state index is 9.62. The van der Waals surface area contributed by atoms with Crippen molar-refractivity contribution in [1.82, 2.24) is 10.2 Å². The van der Waals surface area contributed by atoms with Gasteiger partial charge in [-0.15, -0.1) is 10.2 Å². The zero-order valence-corrected chi connectivity index (χ0v) is 12.3. The Balaban J connectivity index is 2.04. The summed E-state index contributed by atoms with van der Waals surface area (Å²) in [6.45, 7) is 1.79. The predicted molar refractivity (Wildman–Crippen MR) is 82.2 cm³/mol. The number of phenols is 4. The third kappa shape index (κ3) is 2.42. The summed E-state index contributed by atoms with van der Waals surface area (Å²) in [7, 11) is 0. The Labute approximate surface area is 129 Å². The molecule has 0 radical (unpaired) electrons. The number of hydrogen-bond acceptors (Lipinski definition) is 7. The summed E-state index contributed by atoms with van der Waals surface area (Å²) >= 11 is 1.27. The van der Waals surface area contributed by atoms with Crippen LogP contribution in [-0.2, 0) is 0 Å². The topological polar surface area (TPSA) is 107 Å². The normalized spacial score (nSPS) is 10.8. The van der Waals surface area contributed by atoms with Crippen molar-refractivity contribution in [1.29, 1.82) is 0 Å². The highest BCUT2D eigenvalue weighted by atomic mass is 32.1. The van der Waals surface area contributed by atoms with Gasteiger partial charge in [-0.25, -0.2) is 0 Å². The molecule has 1 aromatic heterocycles. The summed E-state index contributed by atoms with van der Waals surface area (Å²) in [6, 6.07) is 7.30. The molecule has 2 aromatic carbocycles. The molecule has 1 heterocycles. The predicted octanol–water partition coefficient (Wildman–Crippen LogP) is 3.00. The first-order valence-electron chi connectivity index (χ1n) is 6.34. The summed E-state index contributed by atoms with van der Waals surface area (Å²) in [6.07, 6.45) is 0. The van der Waals surface area contributed by atoms with Gasteiger partial charge in [0.1, 0.15) is 10.0 Å². The van der Waals surface area contributed by atoms with Gasteiger partial charge in [-0.05, 0) is 42.8 Å². The molecule has 0 spiro atoms. The van der Waals surface area contributed by atoms with E-state index in [2.05, 4.69) is 10.2 Å². The molecule has 0 atom stereocenters. The maximum absolute atomic E-state index is 9.62. The van der Waals surface area contributed by atoms with E-state index >= 15 is 0 Å². The number of phenolic OH excluding ortho intramolecular Hbond substituents is 4. The fourth-order valence-electron chi connectivity index (χ4n) is 2.02. The van der Waals surface area contributed by atoms with E-state index in [-0.39, 0.29) is 23.0 Å².